The Hall–Kier alpha value is -1.10. The van der Waals surface area contributed by atoms with E-state index < -0.39 is 0 Å². The van der Waals surface area contributed by atoms with Crippen LogP contribution in [0.5, 0.6) is 0 Å². The minimum Gasteiger partial charge on any atom is -0.384 e. The van der Waals surface area contributed by atoms with Gasteiger partial charge in [-0.3, -0.25) is 9.59 Å². The molecule has 0 atom stereocenters. The molecule has 0 aromatic carbocycles. The van der Waals surface area contributed by atoms with Gasteiger partial charge in [0.1, 0.15) is 6.54 Å². The fourth-order valence-corrected chi connectivity index (χ4v) is 2.56. The molecule has 0 saturated carbocycles. The summed E-state index contributed by atoms with van der Waals surface area (Å²) in [6.07, 6.45) is 2.16. The number of hydrogen-bond donors (Lipinski definition) is 2. The maximum absolute atomic E-state index is 12.1. The van der Waals surface area contributed by atoms with Gasteiger partial charge in [-0.1, -0.05) is 13.8 Å². The highest BCUT2D eigenvalue weighted by Gasteiger charge is 2.23. The van der Waals surface area contributed by atoms with Gasteiger partial charge in [-0.05, 0) is 18.8 Å². The molecule has 2 amide bonds. The van der Waals surface area contributed by atoms with Gasteiger partial charge < -0.3 is 25.2 Å². The summed E-state index contributed by atoms with van der Waals surface area (Å²) in [6, 6.07) is 0.245. The molecule has 1 rings (SSSR count). The van der Waals surface area contributed by atoms with E-state index in [0.29, 0.717) is 24.9 Å². The van der Waals surface area contributed by atoms with E-state index in [1.807, 2.05) is 4.90 Å². The Labute approximate surface area is 180 Å². The van der Waals surface area contributed by atoms with E-state index in [1.54, 1.807) is 21.2 Å². The summed E-state index contributed by atoms with van der Waals surface area (Å²) in [5, 5.41) is 6.71. The smallest absolute Gasteiger partial charge is 0.243 e. The van der Waals surface area contributed by atoms with Crippen molar-refractivity contribution in [1.82, 2.24) is 20.4 Å². The van der Waals surface area contributed by atoms with Crippen LogP contribution in [0.2, 0.25) is 0 Å². The summed E-state index contributed by atoms with van der Waals surface area (Å²) >= 11 is 0. The highest BCUT2D eigenvalue weighted by molar-refractivity contribution is 14.0. The van der Waals surface area contributed by atoms with E-state index in [9.17, 15) is 9.59 Å². The van der Waals surface area contributed by atoms with Gasteiger partial charge in [-0.15, -0.1) is 24.0 Å². The molecule has 0 spiro atoms. The van der Waals surface area contributed by atoms with Gasteiger partial charge >= 0.3 is 0 Å². The van der Waals surface area contributed by atoms with Gasteiger partial charge in [0.05, 0.1) is 13.0 Å². The van der Waals surface area contributed by atoms with Crippen LogP contribution >= 0.6 is 24.0 Å². The molecular formula is C18H36IN5O3. The van der Waals surface area contributed by atoms with Crippen molar-refractivity contribution in [3.8, 4) is 0 Å². The number of rotatable bonds is 8. The molecule has 158 valence electrons. The van der Waals surface area contributed by atoms with Crippen molar-refractivity contribution < 1.29 is 14.3 Å². The number of carbonyl (C=O) groups excluding carboxylic acids is 2. The zero-order chi connectivity index (χ0) is 19.5. The zero-order valence-corrected chi connectivity index (χ0v) is 19.6. The zero-order valence-electron chi connectivity index (χ0n) is 17.3. The van der Waals surface area contributed by atoms with Crippen LogP contribution < -0.4 is 10.6 Å². The second-order valence-electron chi connectivity index (χ2n) is 7.27. The van der Waals surface area contributed by atoms with Crippen LogP contribution in [0.4, 0.5) is 0 Å². The van der Waals surface area contributed by atoms with E-state index in [2.05, 4.69) is 29.5 Å². The number of piperidine rings is 1. The number of ether oxygens (including phenoxy) is 1. The Bertz CT molecular complexity index is 478. The van der Waals surface area contributed by atoms with Crippen molar-refractivity contribution in [2.24, 2.45) is 10.9 Å². The third-order valence-electron chi connectivity index (χ3n) is 4.26. The first kappa shape index (κ1) is 25.9. The van der Waals surface area contributed by atoms with E-state index in [1.165, 1.54) is 4.90 Å². The summed E-state index contributed by atoms with van der Waals surface area (Å²) in [7, 11) is 5.06. The van der Waals surface area contributed by atoms with E-state index in [4.69, 9.17) is 4.74 Å². The summed E-state index contributed by atoms with van der Waals surface area (Å²) in [6.45, 7) is 7.08. The van der Waals surface area contributed by atoms with Gasteiger partial charge in [0.2, 0.25) is 11.8 Å². The molecule has 0 bridgehead atoms. The van der Waals surface area contributed by atoms with Crippen molar-refractivity contribution >= 4 is 41.8 Å². The van der Waals surface area contributed by atoms with Gasteiger partial charge in [-0.25, -0.2) is 4.99 Å². The molecule has 1 saturated heterocycles. The molecule has 1 aliphatic rings. The van der Waals surface area contributed by atoms with Gasteiger partial charge in [0, 0.05) is 46.9 Å². The van der Waals surface area contributed by atoms with Gasteiger partial charge in [0.15, 0.2) is 5.96 Å². The van der Waals surface area contributed by atoms with Crippen LogP contribution in [0.25, 0.3) is 0 Å². The predicted octanol–water partition coefficient (Wildman–Crippen LogP) is 0.911. The second kappa shape index (κ2) is 14.0. The number of hydrogen-bond acceptors (Lipinski definition) is 4. The molecule has 0 radical (unpaired) electrons. The molecule has 1 fully saturated rings. The minimum atomic E-state index is -0.0331. The van der Waals surface area contributed by atoms with Crippen LogP contribution in [0, 0.1) is 5.92 Å². The Morgan fingerprint density at radius 2 is 1.89 bits per heavy atom. The number of guanidine groups is 1. The molecular weight excluding hydrogens is 461 g/mol. The summed E-state index contributed by atoms with van der Waals surface area (Å²) in [5.41, 5.74) is 0. The number of likely N-dealkylation sites (tertiary alicyclic amines) is 1. The second-order valence-corrected chi connectivity index (χ2v) is 7.27. The van der Waals surface area contributed by atoms with Crippen molar-refractivity contribution in [2.75, 3.05) is 54.0 Å². The molecule has 0 aromatic heterocycles. The van der Waals surface area contributed by atoms with Crippen LogP contribution in [0.1, 0.15) is 33.1 Å². The Kier molecular flexibility index (Phi) is 13.4. The number of halogens is 1. The van der Waals surface area contributed by atoms with Crippen molar-refractivity contribution in [3.63, 3.8) is 0 Å². The average molecular weight is 497 g/mol. The molecule has 0 unspecified atom stereocenters. The van der Waals surface area contributed by atoms with E-state index in [0.717, 1.165) is 32.5 Å². The van der Waals surface area contributed by atoms with Crippen LogP contribution in [-0.4, -0.2) is 87.6 Å². The monoisotopic (exact) mass is 497 g/mol. The van der Waals surface area contributed by atoms with Crippen molar-refractivity contribution in [3.05, 3.63) is 0 Å². The molecule has 9 heteroatoms. The first-order valence-corrected chi connectivity index (χ1v) is 9.35. The maximum atomic E-state index is 12.1. The van der Waals surface area contributed by atoms with E-state index >= 15 is 0 Å². The number of carbonyl (C=O) groups is 2. The number of likely N-dealkylation sites (N-methyl/N-ethyl adjacent to an activating group) is 1. The lowest BCUT2D eigenvalue weighted by molar-refractivity contribution is -0.133. The molecule has 1 aliphatic heterocycles. The molecule has 0 aliphatic carbocycles. The minimum absolute atomic E-state index is 0. The number of nitrogens with zero attached hydrogens (tertiary/aromatic N) is 3. The lowest BCUT2D eigenvalue weighted by Crippen LogP contribution is -2.50. The topological polar surface area (TPSA) is 86.3 Å². The molecule has 1 heterocycles. The number of methoxy groups -OCH3 is 1. The fourth-order valence-electron chi connectivity index (χ4n) is 2.56. The molecule has 8 nitrogen and oxygen atoms in total. The summed E-state index contributed by atoms with van der Waals surface area (Å²) < 4.78 is 4.97. The summed E-state index contributed by atoms with van der Waals surface area (Å²) in [5.74, 6) is 1.26. The molecule has 27 heavy (non-hydrogen) atoms. The van der Waals surface area contributed by atoms with Crippen LogP contribution in [0.3, 0.4) is 0 Å². The highest BCUT2D eigenvalue weighted by atomic mass is 127. The van der Waals surface area contributed by atoms with Gasteiger partial charge in [-0.2, -0.15) is 0 Å². The lowest BCUT2D eigenvalue weighted by Gasteiger charge is -2.33. The van der Waals surface area contributed by atoms with Crippen LogP contribution in [-0.2, 0) is 14.3 Å². The largest absolute Gasteiger partial charge is 0.384 e. The average Bonchev–Trinajstić information content (AvgIpc) is 2.61. The third kappa shape index (κ3) is 10.7. The standard InChI is InChI=1S/C18H35N5O3.HI/c1-14(2)12-19-18(20-13-17(25)22(3)4)21-15-6-9-23(10-7-15)16(24)8-11-26-5;/h14-15H,6-13H2,1-5H3,(H2,19,20,21);1H. The number of nitrogens with one attached hydrogen (secondary N) is 2. The Morgan fingerprint density at radius 1 is 1.26 bits per heavy atom. The maximum Gasteiger partial charge on any atom is 0.243 e. The molecule has 2 N–H and O–H groups in total. The Balaban J connectivity index is 0.00000676. The normalized spacial score (nSPS) is 15.3. The lowest BCUT2D eigenvalue weighted by atomic mass is 10.0. The number of aliphatic imine (C=N–C) groups is 1. The SMILES string of the molecule is COCCC(=O)N1CCC(NC(=NCC(=O)N(C)C)NCC(C)C)CC1.I. The van der Waals surface area contributed by atoms with Crippen LogP contribution in [0.15, 0.2) is 4.99 Å². The van der Waals surface area contributed by atoms with E-state index in [-0.39, 0.29) is 48.4 Å². The predicted molar refractivity (Wildman–Crippen MR) is 118 cm³/mol. The Morgan fingerprint density at radius 3 is 2.41 bits per heavy atom. The fraction of sp³-hybridized carbons (Fsp3) is 0.833. The quantitative estimate of drug-likeness (QED) is 0.296. The summed E-state index contributed by atoms with van der Waals surface area (Å²) in [4.78, 5) is 31.7. The molecule has 0 aromatic rings. The highest BCUT2D eigenvalue weighted by Crippen LogP contribution is 2.11. The van der Waals surface area contributed by atoms with Crippen molar-refractivity contribution in [1.29, 1.82) is 0 Å². The van der Waals surface area contributed by atoms with Gasteiger partial charge in [0.25, 0.3) is 0 Å². The number of amides is 2. The third-order valence-corrected chi connectivity index (χ3v) is 4.26. The van der Waals surface area contributed by atoms with Crippen molar-refractivity contribution in [2.45, 2.75) is 39.2 Å². The first-order chi connectivity index (χ1) is 12.3. The first-order valence-electron chi connectivity index (χ1n) is 9.35.